The largest absolute Gasteiger partial charge is 0.441 e. The predicted molar refractivity (Wildman–Crippen MR) is 157 cm³/mol. The predicted octanol–water partition coefficient (Wildman–Crippen LogP) is 9.78. The third-order valence-electron chi connectivity index (χ3n) is 7.02. The van der Waals surface area contributed by atoms with E-state index in [4.69, 9.17) is 4.42 Å². The molecule has 7 aromatic rings. The van der Waals surface area contributed by atoms with Gasteiger partial charge in [0.25, 0.3) is 0 Å². The van der Waals surface area contributed by atoms with Gasteiger partial charge in [-0.15, -0.1) is 0 Å². The van der Waals surface area contributed by atoms with Gasteiger partial charge in [0.15, 0.2) is 12.0 Å². The van der Waals surface area contributed by atoms with Crippen molar-refractivity contribution in [3.63, 3.8) is 0 Å². The second kappa shape index (κ2) is 9.38. The molecule has 0 aliphatic heterocycles. The lowest BCUT2D eigenvalue weighted by molar-refractivity contribution is 0.602. The van der Waals surface area contributed by atoms with Crippen LogP contribution in [0.15, 0.2) is 150 Å². The fraction of sp³-hybridized carbons (Fsp3) is 0. The molecule has 0 amide bonds. The molecule has 0 saturated heterocycles. The van der Waals surface area contributed by atoms with E-state index in [1.54, 1.807) is 0 Å². The van der Waals surface area contributed by atoms with E-state index < -0.39 is 0 Å². The highest BCUT2D eigenvalue weighted by molar-refractivity contribution is 5.96. The molecular weight excluding hydrogens is 464 g/mol. The summed E-state index contributed by atoms with van der Waals surface area (Å²) in [7, 11) is 0. The van der Waals surface area contributed by atoms with Gasteiger partial charge in [-0.05, 0) is 69.4 Å². The number of benzene rings is 6. The zero-order chi connectivity index (χ0) is 25.3. The van der Waals surface area contributed by atoms with Crippen LogP contribution in [0, 0.1) is 0 Å². The molecule has 7 rings (SSSR count). The van der Waals surface area contributed by atoms with Crippen molar-refractivity contribution in [2.45, 2.75) is 0 Å². The van der Waals surface area contributed by atoms with Gasteiger partial charge in [0, 0.05) is 11.4 Å². The Morgan fingerprint density at radius 3 is 1.82 bits per heavy atom. The maximum atomic E-state index is 5.85. The van der Waals surface area contributed by atoms with Gasteiger partial charge in [-0.25, -0.2) is 4.98 Å². The van der Waals surface area contributed by atoms with Gasteiger partial charge in [-0.2, -0.15) is 0 Å². The number of hydrogen-bond acceptors (Lipinski definition) is 3. The van der Waals surface area contributed by atoms with Crippen molar-refractivity contribution in [1.29, 1.82) is 0 Å². The van der Waals surface area contributed by atoms with E-state index >= 15 is 0 Å². The van der Waals surface area contributed by atoms with Crippen molar-refractivity contribution in [3.05, 3.63) is 146 Å². The molecule has 0 N–H and O–H groups in total. The standard InChI is InChI=1S/C35H24N2O/c1-2-7-25(8-3-1)27-13-15-28(16-14-27)29-17-20-31(21-18-29)37(34-12-6-11-33-35(34)38-24-36-33)32-22-19-26-9-4-5-10-30(26)23-32/h1-24H. The molecule has 0 atom stereocenters. The zero-order valence-corrected chi connectivity index (χ0v) is 20.7. The Morgan fingerprint density at radius 1 is 0.474 bits per heavy atom. The van der Waals surface area contributed by atoms with E-state index in [2.05, 4.69) is 131 Å². The molecule has 6 aromatic carbocycles. The van der Waals surface area contributed by atoms with Gasteiger partial charge in [-0.1, -0.05) is 103 Å². The Balaban J connectivity index is 1.29. The fourth-order valence-corrected chi connectivity index (χ4v) is 5.08. The second-order valence-corrected chi connectivity index (χ2v) is 9.33. The lowest BCUT2D eigenvalue weighted by Gasteiger charge is -2.26. The summed E-state index contributed by atoms with van der Waals surface area (Å²) in [4.78, 5) is 6.63. The van der Waals surface area contributed by atoms with Crippen LogP contribution in [0.1, 0.15) is 0 Å². The van der Waals surface area contributed by atoms with Crippen molar-refractivity contribution in [2.24, 2.45) is 0 Å². The van der Waals surface area contributed by atoms with E-state index in [0.29, 0.717) is 0 Å². The van der Waals surface area contributed by atoms with E-state index in [-0.39, 0.29) is 0 Å². The molecular formula is C35H24N2O. The molecule has 3 heteroatoms. The molecule has 0 spiro atoms. The van der Waals surface area contributed by atoms with Gasteiger partial charge in [0.2, 0.25) is 0 Å². The Bertz CT molecular complexity index is 1850. The lowest BCUT2D eigenvalue weighted by atomic mass is 10.00. The maximum absolute atomic E-state index is 5.85. The van der Waals surface area contributed by atoms with Crippen molar-refractivity contribution in [3.8, 4) is 22.3 Å². The van der Waals surface area contributed by atoms with Crippen LogP contribution in [0.2, 0.25) is 0 Å². The molecule has 1 heterocycles. The number of rotatable bonds is 5. The summed E-state index contributed by atoms with van der Waals surface area (Å²) in [5.41, 5.74) is 9.47. The monoisotopic (exact) mass is 488 g/mol. The molecule has 0 aliphatic carbocycles. The summed E-state index contributed by atoms with van der Waals surface area (Å²) in [5, 5.41) is 2.40. The molecule has 0 fully saturated rings. The molecule has 0 aliphatic rings. The van der Waals surface area contributed by atoms with Gasteiger partial charge in [0.1, 0.15) is 5.52 Å². The lowest BCUT2D eigenvalue weighted by Crippen LogP contribution is -2.10. The van der Waals surface area contributed by atoms with Gasteiger partial charge in [0.05, 0.1) is 5.69 Å². The SMILES string of the molecule is c1ccc(-c2ccc(-c3ccc(N(c4ccc5ccccc5c4)c4cccc5ncoc45)cc3)cc2)cc1. The highest BCUT2D eigenvalue weighted by Gasteiger charge is 2.18. The molecule has 180 valence electrons. The number of hydrogen-bond donors (Lipinski definition) is 0. The average Bonchev–Trinajstić information content (AvgIpc) is 3.48. The van der Waals surface area contributed by atoms with Crippen molar-refractivity contribution >= 4 is 38.9 Å². The summed E-state index contributed by atoms with van der Waals surface area (Å²) < 4.78 is 5.85. The first kappa shape index (κ1) is 22.1. The molecule has 0 unspecified atom stereocenters. The Morgan fingerprint density at radius 2 is 1.08 bits per heavy atom. The molecule has 0 saturated carbocycles. The van der Waals surface area contributed by atoms with E-state index in [1.807, 2.05) is 18.2 Å². The van der Waals surface area contributed by atoms with Crippen molar-refractivity contribution in [2.75, 3.05) is 4.90 Å². The van der Waals surface area contributed by atoms with Crippen LogP contribution >= 0.6 is 0 Å². The van der Waals surface area contributed by atoms with E-state index in [0.717, 1.165) is 28.2 Å². The van der Waals surface area contributed by atoms with Crippen LogP contribution in [0.4, 0.5) is 17.1 Å². The van der Waals surface area contributed by atoms with Crippen LogP contribution in [0.3, 0.4) is 0 Å². The molecule has 3 nitrogen and oxygen atoms in total. The number of aromatic nitrogens is 1. The second-order valence-electron chi connectivity index (χ2n) is 9.33. The Kier molecular flexibility index (Phi) is 5.45. The average molecular weight is 489 g/mol. The number of nitrogens with zero attached hydrogens (tertiary/aromatic N) is 2. The van der Waals surface area contributed by atoms with Gasteiger partial charge < -0.3 is 9.32 Å². The highest BCUT2D eigenvalue weighted by Crippen LogP contribution is 2.40. The maximum Gasteiger partial charge on any atom is 0.182 e. The van der Waals surface area contributed by atoms with Crippen molar-refractivity contribution in [1.82, 2.24) is 4.98 Å². The van der Waals surface area contributed by atoms with E-state index in [9.17, 15) is 0 Å². The third kappa shape index (κ3) is 4.00. The summed E-state index contributed by atoms with van der Waals surface area (Å²) in [5.74, 6) is 0. The third-order valence-corrected chi connectivity index (χ3v) is 7.02. The smallest absolute Gasteiger partial charge is 0.182 e. The Labute approximate surface area is 221 Å². The minimum atomic E-state index is 0.765. The quantitative estimate of drug-likeness (QED) is 0.241. The van der Waals surface area contributed by atoms with Crippen molar-refractivity contribution < 1.29 is 4.42 Å². The highest BCUT2D eigenvalue weighted by atomic mass is 16.3. The van der Waals surface area contributed by atoms with Crippen LogP contribution in [0.25, 0.3) is 44.1 Å². The first-order chi connectivity index (χ1) is 18.8. The topological polar surface area (TPSA) is 29.3 Å². The minimum absolute atomic E-state index is 0.765. The molecule has 0 bridgehead atoms. The molecule has 1 aromatic heterocycles. The number of anilines is 3. The first-order valence-electron chi connectivity index (χ1n) is 12.7. The number of oxazole rings is 1. The van der Waals surface area contributed by atoms with E-state index in [1.165, 1.54) is 39.4 Å². The normalized spacial score (nSPS) is 11.2. The van der Waals surface area contributed by atoms with Crippen LogP contribution in [-0.4, -0.2) is 4.98 Å². The van der Waals surface area contributed by atoms with Gasteiger partial charge in [-0.3, -0.25) is 0 Å². The number of fused-ring (bicyclic) bond motifs is 2. The first-order valence-corrected chi connectivity index (χ1v) is 12.7. The van der Waals surface area contributed by atoms with Crippen LogP contribution in [0.5, 0.6) is 0 Å². The number of para-hydroxylation sites is 1. The Hall–Kier alpha value is -5.15. The van der Waals surface area contributed by atoms with Gasteiger partial charge >= 0.3 is 0 Å². The fourth-order valence-electron chi connectivity index (χ4n) is 5.08. The summed E-state index contributed by atoms with van der Waals surface area (Å²) in [6, 6.07) is 49.0. The van der Waals surface area contributed by atoms with Crippen LogP contribution < -0.4 is 4.90 Å². The molecule has 38 heavy (non-hydrogen) atoms. The summed E-state index contributed by atoms with van der Waals surface area (Å²) in [6.45, 7) is 0. The summed E-state index contributed by atoms with van der Waals surface area (Å²) >= 11 is 0. The van der Waals surface area contributed by atoms with Crippen LogP contribution in [-0.2, 0) is 0 Å². The summed E-state index contributed by atoms with van der Waals surface area (Å²) in [6.07, 6.45) is 1.51. The minimum Gasteiger partial charge on any atom is -0.441 e. The zero-order valence-electron chi connectivity index (χ0n) is 20.7. The molecule has 0 radical (unpaired) electrons.